The van der Waals surface area contributed by atoms with E-state index >= 15 is 0 Å². The molecule has 0 fully saturated rings. The van der Waals surface area contributed by atoms with Crippen molar-refractivity contribution in [3.05, 3.63) is 60.2 Å². The lowest BCUT2D eigenvalue weighted by Gasteiger charge is -2.16. The number of ether oxygens (including phenoxy) is 1. The number of esters is 1. The molecule has 0 spiro atoms. The van der Waals surface area contributed by atoms with E-state index in [9.17, 15) is 9.90 Å². The van der Waals surface area contributed by atoms with Gasteiger partial charge >= 0.3 is 5.97 Å². The van der Waals surface area contributed by atoms with Gasteiger partial charge in [-0.1, -0.05) is 62.4 Å². The van der Waals surface area contributed by atoms with Gasteiger partial charge in [0.2, 0.25) is 0 Å². The molecule has 0 aliphatic heterocycles. The topological polar surface area (TPSA) is 46.5 Å². The van der Waals surface area contributed by atoms with Gasteiger partial charge in [-0.05, 0) is 33.5 Å². The average Bonchev–Trinajstić information content (AvgIpc) is 2.57. The van der Waals surface area contributed by atoms with Crippen molar-refractivity contribution in [2.24, 2.45) is 5.92 Å². The Morgan fingerprint density at radius 2 is 1.52 bits per heavy atom. The minimum absolute atomic E-state index is 0.157. The van der Waals surface area contributed by atoms with Crippen LogP contribution < -0.4 is 0 Å². The maximum absolute atomic E-state index is 12.0. The number of aliphatic hydroxyl groups is 1. The summed E-state index contributed by atoms with van der Waals surface area (Å²) in [5.74, 6) is -0.733. The number of hydrogen-bond acceptors (Lipinski definition) is 3. The second-order valence-electron chi connectivity index (χ2n) is 6.09. The van der Waals surface area contributed by atoms with Gasteiger partial charge < -0.3 is 9.84 Å². The van der Waals surface area contributed by atoms with Crippen LogP contribution >= 0.6 is 0 Å². The molecular formula is C20H20O3. The quantitative estimate of drug-likeness (QED) is 0.584. The lowest BCUT2D eigenvalue weighted by Crippen LogP contribution is -2.28. The molecule has 0 aromatic heterocycles. The third kappa shape index (κ3) is 3.06. The summed E-state index contributed by atoms with van der Waals surface area (Å²) in [6, 6.07) is 18.3. The molecule has 1 N–H and O–H groups in total. The van der Waals surface area contributed by atoms with Gasteiger partial charge in [0.15, 0.2) is 6.10 Å². The first kappa shape index (κ1) is 15.5. The van der Waals surface area contributed by atoms with Crippen LogP contribution in [-0.2, 0) is 16.1 Å². The molecule has 0 bridgehead atoms. The molecule has 3 rings (SSSR count). The third-order valence-electron chi connectivity index (χ3n) is 4.11. The van der Waals surface area contributed by atoms with E-state index in [2.05, 4.69) is 18.2 Å². The van der Waals surface area contributed by atoms with Crippen LogP contribution in [0.5, 0.6) is 0 Å². The summed E-state index contributed by atoms with van der Waals surface area (Å²) in [4.78, 5) is 12.0. The normalized spacial score (nSPS) is 12.7. The highest BCUT2D eigenvalue weighted by Gasteiger charge is 2.21. The van der Waals surface area contributed by atoms with Gasteiger partial charge in [-0.15, -0.1) is 0 Å². The fraction of sp³-hybridized carbons (Fsp3) is 0.250. The number of aliphatic hydroxyl groups excluding tert-OH is 1. The lowest BCUT2D eigenvalue weighted by atomic mass is 9.97. The number of benzene rings is 3. The van der Waals surface area contributed by atoms with Crippen LogP contribution in [0.2, 0.25) is 0 Å². The molecule has 0 aliphatic carbocycles. The molecule has 0 heterocycles. The second-order valence-corrected chi connectivity index (χ2v) is 6.09. The predicted octanol–water partition coefficient (Wildman–Crippen LogP) is 4.05. The molecule has 0 saturated heterocycles. The zero-order chi connectivity index (χ0) is 16.4. The van der Waals surface area contributed by atoms with Crippen LogP contribution in [0.4, 0.5) is 0 Å². The molecule has 3 nitrogen and oxygen atoms in total. The van der Waals surface area contributed by atoms with Gasteiger partial charge in [0.25, 0.3) is 0 Å². The maximum atomic E-state index is 12.0. The Balaban J connectivity index is 2.02. The first-order valence-electron chi connectivity index (χ1n) is 7.82. The zero-order valence-electron chi connectivity index (χ0n) is 13.3. The van der Waals surface area contributed by atoms with Crippen LogP contribution in [0, 0.1) is 5.92 Å². The fourth-order valence-corrected chi connectivity index (χ4v) is 2.76. The van der Waals surface area contributed by atoms with Gasteiger partial charge in [0.05, 0.1) is 0 Å². The molecule has 3 aromatic rings. The summed E-state index contributed by atoms with van der Waals surface area (Å²) in [6.07, 6.45) is -1.09. The SMILES string of the molecule is CC(C)[C@@H](O)C(=O)OCc1c2ccccc2cc2ccccc12. The minimum Gasteiger partial charge on any atom is -0.459 e. The number of rotatable bonds is 4. The van der Waals surface area contributed by atoms with E-state index in [1.54, 1.807) is 13.8 Å². The van der Waals surface area contributed by atoms with Crippen molar-refractivity contribution in [3.63, 3.8) is 0 Å². The summed E-state index contributed by atoms with van der Waals surface area (Å²) >= 11 is 0. The molecule has 0 aliphatic rings. The van der Waals surface area contributed by atoms with Crippen molar-refractivity contribution in [1.82, 2.24) is 0 Å². The number of hydrogen-bond donors (Lipinski definition) is 1. The molecule has 1 atom stereocenters. The number of carbonyl (C=O) groups excluding carboxylic acids is 1. The zero-order valence-corrected chi connectivity index (χ0v) is 13.3. The Morgan fingerprint density at radius 1 is 1.00 bits per heavy atom. The van der Waals surface area contributed by atoms with Crippen molar-refractivity contribution in [1.29, 1.82) is 0 Å². The van der Waals surface area contributed by atoms with E-state index in [-0.39, 0.29) is 12.5 Å². The largest absolute Gasteiger partial charge is 0.459 e. The summed E-state index contributed by atoms with van der Waals surface area (Å²) in [5, 5.41) is 14.2. The van der Waals surface area contributed by atoms with Crippen LogP contribution in [0.1, 0.15) is 19.4 Å². The highest BCUT2D eigenvalue weighted by atomic mass is 16.5. The van der Waals surface area contributed by atoms with Gasteiger partial charge in [-0.25, -0.2) is 4.79 Å². The summed E-state index contributed by atoms with van der Waals surface area (Å²) < 4.78 is 5.38. The number of carbonyl (C=O) groups is 1. The van der Waals surface area contributed by atoms with Crippen molar-refractivity contribution < 1.29 is 14.6 Å². The average molecular weight is 308 g/mol. The van der Waals surface area contributed by atoms with Crippen molar-refractivity contribution in [3.8, 4) is 0 Å². The van der Waals surface area contributed by atoms with Crippen molar-refractivity contribution >= 4 is 27.5 Å². The van der Waals surface area contributed by atoms with E-state index < -0.39 is 12.1 Å². The molecule has 0 radical (unpaired) electrons. The Kier molecular flexibility index (Phi) is 4.30. The molecule has 23 heavy (non-hydrogen) atoms. The molecular weight excluding hydrogens is 288 g/mol. The van der Waals surface area contributed by atoms with Gasteiger partial charge in [0, 0.05) is 5.56 Å². The fourth-order valence-electron chi connectivity index (χ4n) is 2.76. The van der Waals surface area contributed by atoms with Crippen LogP contribution in [0.25, 0.3) is 21.5 Å². The monoisotopic (exact) mass is 308 g/mol. The Labute approximate surface area is 135 Å². The van der Waals surface area contributed by atoms with Gasteiger partial charge in [-0.2, -0.15) is 0 Å². The molecule has 3 heteroatoms. The van der Waals surface area contributed by atoms with E-state index in [1.807, 2.05) is 36.4 Å². The van der Waals surface area contributed by atoms with Gasteiger partial charge in [0.1, 0.15) is 6.61 Å². The Hall–Kier alpha value is -2.39. The van der Waals surface area contributed by atoms with Crippen molar-refractivity contribution in [2.45, 2.75) is 26.6 Å². The van der Waals surface area contributed by atoms with Crippen LogP contribution in [-0.4, -0.2) is 17.2 Å². The number of fused-ring (bicyclic) bond motifs is 2. The van der Waals surface area contributed by atoms with E-state index in [4.69, 9.17) is 4.74 Å². The first-order chi connectivity index (χ1) is 11.1. The van der Waals surface area contributed by atoms with E-state index in [0.717, 1.165) is 27.1 Å². The molecule has 0 unspecified atom stereocenters. The Bertz CT molecular complexity index is 798. The summed E-state index contributed by atoms with van der Waals surface area (Å²) in [5.41, 5.74) is 0.975. The predicted molar refractivity (Wildman–Crippen MR) is 92.1 cm³/mol. The Morgan fingerprint density at radius 3 is 2.04 bits per heavy atom. The lowest BCUT2D eigenvalue weighted by molar-refractivity contribution is -0.157. The van der Waals surface area contributed by atoms with E-state index in [0.29, 0.717) is 0 Å². The van der Waals surface area contributed by atoms with Crippen LogP contribution in [0.3, 0.4) is 0 Å². The summed E-state index contributed by atoms with van der Waals surface area (Å²) in [6.45, 7) is 3.74. The standard InChI is InChI=1S/C20H20O3/c1-13(2)19(21)20(22)23-12-18-16-9-5-3-7-14(16)11-15-8-4-6-10-17(15)18/h3-11,13,19,21H,12H2,1-2H3/t19-/m1/s1. The van der Waals surface area contributed by atoms with Gasteiger partial charge in [-0.3, -0.25) is 0 Å². The molecule has 118 valence electrons. The van der Waals surface area contributed by atoms with Crippen LogP contribution in [0.15, 0.2) is 54.6 Å². The smallest absolute Gasteiger partial charge is 0.335 e. The van der Waals surface area contributed by atoms with E-state index in [1.165, 1.54) is 0 Å². The minimum atomic E-state index is -1.09. The molecule has 3 aromatic carbocycles. The third-order valence-corrected chi connectivity index (χ3v) is 4.11. The second kappa shape index (κ2) is 6.39. The first-order valence-corrected chi connectivity index (χ1v) is 7.82. The molecule has 0 amide bonds. The van der Waals surface area contributed by atoms with Crippen molar-refractivity contribution in [2.75, 3.05) is 0 Å². The maximum Gasteiger partial charge on any atom is 0.335 e. The summed E-state index contributed by atoms with van der Waals surface area (Å²) in [7, 11) is 0. The highest BCUT2D eigenvalue weighted by Crippen LogP contribution is 2.29. The highest BCUT2D eigenvalue weighted by molar-refractivity contribution is 6.02. The molecule has 0 saturated carbocycles.